The molecule has 4 nitrogen and oxygen atoms in total. The summed E-state index contributed by atoms with van der Waals surface area (Å²) in [6.07, 6.45) is 7.18. The molecule has 1 spiro atoms. The summed E-state index contributed by atoms with van der Waals surface area (Å²) >= 11 is 1.93. The van der Waals surface area contributed by atoms with Gasteiger partial charge in [0.15, 0.2) is 0 Å². The molecule has 0 aromatic heterocycles. The third kappa shape index (κ3) is 3.41. The maximum absolute atomic E-state index is 11.7. The van der Waals surface area contributed by atoms with Crippen molar-refractivity contribution < 1.29 is 9.59 Å². The van der Waals surface area contributed by atoms with Gasteiger partial charge in [-0.2, -0.15) is 0 Å². The Balaban J connectivity index is 1.85. The van der Waals surface area contributed by atoms with E-state index >= 15 is 0 Å². The number of nitrogens with one attached hydrogen (secondary N) is 1. The molecule has 0 unspecified atom stereocenters. The minimum Gasteiger partial charge on any atom is -0.343 e. The van der Waals surface area contributed by atoms with Crippen molar-refractivity contribution in [3.63, 3.8) is 0 Å². The van der Waals surface area contributed by atoms with Crippen molar-refractivity contribution in [3.05, 3.63) is 0 Å². The van der Waals surface area contributed by atoms with E-state index in [0.717, 1.165) is 51.6 Å². The molecule has 0 radical (unpaired) electrons. The fourth-order valence-electron chi connectivity index (χ4n) is 3.52. The molecule has 19 heavy (non-hydrogen) atoms. The fraction of sp³-hybridized carbons (Fsp3) is 0.857. The summed E-state index contributed by atoms with van der Waals surface area (Å²) in [5, 5.41) is 0. The van der Waals surface area contributed by atoms with Crippen LogP contribution in [-0.2, 0) is 9.59 Å². The van der Waals surface area contributed by atoms with Crippen molar-refractivity contribution in [1.82, 2.24) is 8.43 Å². The maximum atomic E-state index is 11.7. The molecule has 1 N–H and O–H groups in total. The van der Waals surface area contributed by atoms with Gasteiger partial charge in [0.2, 0.25) is 11.8 Å². The second kappa shape index (κ2) is 6.41. The molecule has 1 aliphatic carbocycles. The number of halogens is 1. The van der Waals surface area contributed by atoms with Crippen LogP contribution in [0.1, 0.15) is 51.9 Å². The lowest BCUT2D eigenvalue weighted by atomic mass is 9.65. The first-order valence-electron chi connectivity index (χ1n) is 7.28. The van der Waals surface area contributed by atoms with Gasteiger partial charge in [-0.3, -0.25) is 13.1 Å². The molecule has 0 bridgehead atoms. The average Bonchev–Trinajstić information content (AvgIpc) is 2.47. The van der Waals surface area contributed by atoms with Crippen LogP contribution in [0.15, 0.2) is 0 Å². The van der Waals surface area contributed by atoms with Gasteiger partial charge in [-0.25, -0.2) is 0 Å². The summed E-state index contributed by atoms with van der Waals surface area (Å²) in [6, 6.07) is 0. The number of hydrogen-bond acceptors (Lipinski definition) is 2. The number of rotatable bonds is 2. The normalized spacial score (nSPS) is 23.4. The summed E-state index contributed by atoms with van der Waals surface area (Å²) in [5.74, 6) is 0.680. The van der Waals surface area contributed by atoms with Crippen LogP contribution >= 0.6 is 22.9 Å². The molecule has 2 fully saturated rings. The van der Waals surface area contributed by atoms with Crippen LogP contribution in [0.25, 0.3) is 0 Å². The minimum absolute atomic E-state index is 0.189. The van der Waals surface area contributed by atoms with E-state index in [1.54, 1.807) is 0 Å². The van der Waals surface area contributed by atoms with Crippen molar-refractivity contribution in [2.75, 3.05) is 13.1 Å². The average molecular weight is 378 g/mol. The summed E-state index contributed by atoms with van der Waals surface area (Å²) in [6.45, 7) is 3.76. The fourth-order valence-corrected chi connectivity index (χ4v) is 3.96. The zero-order chi connectivity index (χ0) is 13.9. The van der Waals surface area contributed by atoms with Gasteiger partial charge in [-0.1, -0.05) is 6.92 Å². The topological polar surface area (TPSA) is 49.4 Å². The largest absolute Gasteiger partial charge is 0.343 e. The number of nitrogens with zero attached hydrogens (tertiary/aromatic N) is 1. The molecule has 0 aromatic rings. The first-order chi connectivity index (χ1) is 9.10. The smallest absolute Gasteiger partial charge is 0.231 e. The molecular formula is C14H23IN2O2. The van der Waals surface area contributed by atoms with Gasteiger partial charge in [-0.15, -0.1) is 0 Å². The number of carbonyl (C=O) groups excluding carboxylic acids is 2. The van der Waals surface area contributed by atoms with Gasteiger partial charge in [0, 0.05) is 25.4 Å². The lowest BCUT2D eigenvalue weighted by Crippen LogP contribution is -2.45. The maximum Gasteiger partial charge on any atom is 0.231 e. The minimum atomic E-state index is 0.189. The predicted molar refractivity (Wildman–Crippen MR) is 82.7 cm³/mol. The Morgan fingerprint density at radius 3 is 2.26 bits per heavy atom. The standard InChI is InChI=1S/C14H23IN2O2/c1-2-12(18)17-9-7-14(8-10-17)5-3-11(4-6-14)13(19)16-15/h11H,2-10H2,1H3,(H,16,19). The van der Waals surface area contributed by atoms with Crippen LogP contribution in [0.5, 0.6) is 0 Å². The SMILES string of the molecule is CCC(=O)N1CCC2(CCC(C(=O)NI)CC2)CC1. The van der Waals surface area contributed by atoms with Crippen LogP contribution in [0.3, 0.4) is 0 Å². The molecule has 0 atom stereocenters. The van der Waals surface area contributed by atoms with Gasteiger partial charge in [0.05, 0.1) is 22.9 Å². The second-order valence-corrected chi connectivity index (χ2v) is 6.51. The molecular weight excluding hydrogens is 355 g/mol. The third-order valence-electron chi connectivity index (χ3n) is 4.99. The van der Waals surface area contributed by atoms with Crippen molar-refractivity contribution in [2.24, 2.45) is 11.3 Å². The van der Waals surface area contributed by atoms with Crippen LogP contribution in [0.2, 0.25) is 0 Å². The summed E-state index contributed by atoms with van der Waals surface area (Å²) in [7, 11) is 0. The van der Waals surface area contributed by atoms with E-state index in [1.807, 2.05) is 34.7 Å². The molecule has 0 aromatic carbocycles. The Morgan fingerprint density at radius 1 is 1.21 bits per heavy atom. The van der Waals surface area contributed by atoms with Gasteiger partial charge in [-0.05, 0) is 43.9 Å². The van der Waals surface area contributed by atoms with Crippen molar-refractivity contribution in [1.29, 1.82) is 0 Å². The van der Waals surface area contributed by atoms with Crippen LogP contribution in [-0.4, -0.2) is 29.8 Å². The van der Waals surface area contributed by atoms with E-state index in [4.69, 9.17) is 0 Å². The zero-order valence-corrected chi connectivity index (χ0v) is 13.7. The lowest BCUT2D eigenvalue weighted by molar-refractivity contribution is -0.133. The highest BCUT2D eigenvalue weighted by Crippen LogP contribution is 2.46. The van der Waals surface area contributed by atoms with Crippen molar-refractivity contribution in [3.8, 4) is 0 Å². The van der Waals surface area contributed by atoms with Gasteiger partial charge >= 0.3 is 0 Å². The lowest BCUT2D eigenvalue weighted by Gasteiger charge is -2.45. The molecule has 1 heterocycles. The van der Waals surface area contributed by atoms with E-state index in [9.17, 15) is 9.59 Å². The van der Waals surface area contributed by atoms with Gasteiger partial charge < -0.3 is 4.90 Å². The molecule has 108 valence electrons. The number of hydrogen-bond donors (Lipinski definition) is 1. The van der Waals surface area contributed by atoms with Crippen molar-refractivity contribution >= 4 is 34.7 Å². The Labute approximate surface area is 129 Å². The highest BCUT2D eigenvalue weighted by Gasteiger charge is 2.40. The number of likely N-dealkylation sites (tertiary alicyclic amines) is 1. The molecule has 1 saturated carbocycles. The molecule has 1 saturated heterocycles. The summed E-state index contributed by atoms with van der Waals surface area (Å²) < 4.78 is 2.73. The first-order valence-corrected chi connectivity index (χ1v) is 8.36. The Bertz CT molecular complexity index is 306. The number of carbonyl (C=O) groups is 2. The Kier molecular flexibility index (Phi) is 5.09. The monoisotopic (exact) mass is 378 g/mol. The Hall–Kier alpha value is -0.330. The van der Waals surface area contributed by atoms with Gasteiger partial charge in [0.25, 0.3) is 0 Å². The highest BCUT2D eigenvalue weighted by atomic mass is 127. The van der Waals surface area contributed by atoms with Crippen LogP contribution in [0.4, 0.5) is 0 Å². The molecule has 5 heteroatoms. The van der Waals surface area contributed by atoms with Crippen molar-refractivity contribution in [2.45, 2.75) is 51.9 Å². The van der Waals surface area contributed by atoms with E-state index in [-0.39, 0.29) is 17.7 Å². The molecule has 1 aliphatic heterocycles. The quantitative estimate of drug-likeness (QED) is 0.593. The second-order valence-electron chi connectivity index (χ2n) is 5.97. The summed E-state index contributed by atoms with van der Waals surface area (Å²) in [5.41, 5.74) is 0.409. The molecule has 2 amide bonds. The predicted octanol–water partition coefficient (Wildman–Crippen LogP) is 2.66. The zero-order valence-electron chi connectivity index (χ0n) is 11.6. The highest BCUT2D eigenvalue weighted by molar-refractivity contribution is 14.1. The Morgan fingerprint density at radius 2 is 1.79 bits per heavy atom. The number of piperidine rings is 1. The van der Waals surface area contributed by atoms with E-state index < -0.39 is 0 Å². The first kappa shape index (κ1) is 15.1. The molecule has 2 rings (SSSR count). The van der Waals surface area contributed by atoms with Crippen LogP contribution in [0, 0.1) is 11.3 Å². The van der Waals surface area contributed by atoms with E-state index in [0.29, 0.717) is 11.8 Å². The van der Waals surface area contributed by atoms with E-state index in [2.05, 4.69) is 3.53 Å². The number of amides is 2. The molecule has 2 aliphatic rings. The third-order valence-corrected chi connectivity index (χ3v) is 5.52. The summed E-state index contributed by atoms with van der Waals surface area (Å²) in [4.78, 5) is 25.3. The van der Waals surface area contributed by atoms with E-state index in [1.165, 1.54) is 0 Å². The van der Waals surface area contributed by atoms with Gasteiger partial charge in [0.1, 0.15) is 0 Å². The van der Waals surface area contributed by atoms with Crippen LogP contribution < -0.4 is 3.53 Å².